The molecule has 2 N–H and O–H groups in total. The van der Waals surface area contributed by atoms with Crippen molar-refractivity contribution in [1.29, 1.82) is 0 Å². The molecule has 2 rings (SSSR count). The number of halogens is 1. The molecule has 24 heavy (non-hydrogen) atoms. The average molecular weight is 354 g/mol. The van der Waals surface area contributed by atoms with E-state index in [1.54, 1.807) is 12.1 Å². The molecule has 1 heterocycles. The van der Waals surface area contributed by atoms with Crippen molar-refractivity contribution in [2.75, 3.05) is 32.0 Å². The minimum atomic E-state index is -0.498. The van der Waals surface area contributed by atoms with Gasteiger partial charge in [0.15, 0.2) is 0 Å². The zero-order chi connectivity index (χ0) is 17.0. The summed E-state index contributed by atoms with van der Waals surface area (Å²) in [5.41, 5.74) is 0.659. The molecule has 1 aromatic carbocycles. The van der Waals surface area contributed by atoms with E-state index in [0.29, 0.717) is 17.2 Å². The van der Waals surface area contributed by atoms with Crippen molar-refractivity contribution >= 4 is 29.9 Å². The highest BCUT2D eigenvalue weighted by atomic mass is 35.5. The van der Waals surface area contributed by atoms with Gasteiger partial charge in [0, 0.05) is 18.5 Å². The predicted molar refractivity (Wildman–Crippen MR) is 99.7 cm³/mol. The van der Waals surface area contributed by atoms with E-state index in [9.17, 15) is 9.59 Å². The Bertz CT molecular complexity index is 584. The van der Waals surface area contributed by atoms with E-state index in [4.69, 9.17) is 0 Å². The summed E-state index contributed by atoms with van der Waals surface area (Å²) in [4.78, 5) is 26.9. The van der Waals surface area contributed by atoms with Gasteiger partial charge in [-0.25, -0.2) is 0 Å². The van der Waals surface area contributed by atoms with Crippen molar-refractivity contribution in [1.82, 2.24) is 10.2 Å². The van der Waals surface area contributed by atoms with E-state index < -0.39 is 5.41 Å². The summed E-state index contributed by atoms with van der Waals surface area (Å²) < 4.78 is 0. The number of hydrogen-bond donors (Lipinski definition) is 2. The molecule has 0 bridgehead atoms. The van der Waals surface area contributed by atoms with Crippen LogP contribution in [0.1, 0.15) is 37.6 Å². The van der Waals surface area contributed by atoms with Crippen LogP contribution in [-0.4, -0.2) is 43.4 Å². The highest BCUT2D eigenvalue weighted by molar-refractivity contribution is 6.04. The number of benzene rings is 1. The Hall–Kier alpha value is -1.59. The van der Waals surface area contributed by atoms with Crippen LogP contribution < -0.4 is 10.6 Å². The molecule has 2 amide bonds. The molecule has 1 saturated heterocycles. The molecule has 0 radical (unpaired) electrons. The average Bonchev–Trinajstić information content (AvgIpc) is 2.95. The second-order valence-corrected chi connectivity index (χ2v) is 7.21. The van der Waals surface area contributed by atoms with E-state index in [1.807, 2.05) is 44.9 Å². The first kappa shape index (κ1) is 20.5. The molecule has 1 aliphatic rings. The van der Waals surface area contributed by atoms with Gasteiger partial charge in [-0.3, -0.25) is 9.59 Å². The molecule has 0 saturated carbocycles. The molecule has 1 aromatic rings. The summed E-state index contributed by atoms with van der Waals surface area (Å²) in [6, 6.07) is 7.24. The maximum Gasteiger partial charge on any atom is 0.255 e. The Morgan fingerprint density at radius 1 is 1.25 bits per heavy atom. The van der Waals surface area contributed by atoms with Crippen molar-refractivity contribution < 1.29 is 9.59 Å². The fourth-order valence-corrected chi connectivity index (χ4v) is 2.73. The topological polar surface area (TPSA) is 61.4 Å². The standard InChI is InChI=1S/C18H27N3O2.ClH/c1-18(2,3)17(23)20-15-8-6-5-7-14(15)16(22)21-10-9-13(12-21)11-19-4;/h5-8,13,19H,9-12H2,1-4H3,(H,20,23);1H. The molecule has 0 aliphatic carbocycles. The normalized spacial score (nSPS) is 17.3. The second kappa shape index (κ2) is 8.49. The molecular weight excluding hydrogens is 326 g/mol. The predicted octanol–water partition coefficient (Wildman–Crippen LogP) is 2.77. The van der Waals surface area contributed by atoms with Gasteiger partial charge in [0.25, 0.3) is 5.91 Å². The molecule has 1 fully saturated rings. The Morgan fingerprint density at radius 2 is 1.92 bits per heavy atom. The second-order valence-electron chi connectivity index (χ2n) is 7.21. The van der Waals surface area contributed by atoms with Crippen LogP contribution in [0.5, 0.6) is 0 Å². The van der Waals surface area contributed by atoms with Crippen LogP contribution in [0.4, 0.5) is 5.69 Å². The lowest BCUT2D eigenvalue weighted by molar-refractivity contribution is -0.123. The Labute approximate surface area is 150 Å². The number of hydrogen-bond acceptors (Lipinski definition) is 3. The lowest BCUT2D eigenvalue weighted by Crippen LogP contribution is -2.32. The molecule has 0 aromatic heterocycles. The molecule has 1 unspecified atom stereocenters. The van der Waals surface area contributed by atoms with Gasteiger partial charge in [0.2, 0.25) is 5.91 Å². The summed E-state index contributed by atoms with van der Waals surface area (Å²) in [5, 5.41) is 6.06. The first-order chi connectivity index (χ1) is 10.8. The Morgan fingerprint density at radius 3 is 2.54 bits per heavy atom. The summed E-state index contributed by atoms with van der Waals surface area (Å²) in [6.07, 6.45) is 1.02. The van der Waals surface area contributed by atoms with Crippen molar-refractivity contribution in [3.05, 3.63) is 29.8 Å². The van der Waals surface area contributed by atoms with Gasteiger partial charge in [-0.2, -0.15) is 0 Å². The van der Waals surface area contributed by atoms with Gasteiger partial charge in [-0.05, 0) is 38.1 Å². The molecule has 1 atom stereocenters. The van der Waals surface area contributed by atoms with Crippen LogP contribution in [0.15, 0.2) is 24.3 Å². The number of amides is 2. The minimum Gasteiger partial charge on any atom is -0.338 e. The quantitative estimate of drug-likeness (QED) is 0.875. The van der Waals surface area contributed by atoms with E-state index in [0.717, 1.165) is 26.1 Å². The maximum absolute atomic E-state index is 12.8. The summed E-state index contributed by atoms with van der Waals surface area (Å²) in [6.45, 7) is 8.03. The number of nitrogens with zero attached hydrogens (tertiary/aromatic N) is 1. The van der Waals surface area contributed by atoms with E-state index in [-0.39, 0.29) is 24.2 Å². The summed E-state index contributed by atoms with van der Waals surface area (Å²) in [5.74, 6) is 0.404. The molecular formula is C18H28ClN3O2. The smallest absolute Gasteiger partial charge is 0.255 e. The molecule has 1 aliphatic heterocycles. The fraction of sp³-hybridized carbons (Fsp3) is 0.556. The molecule has 6 heteroatoms. The van der Waals surface area contributed by atoms with Crippen molar-refractivity contribution in [2.24, 2.45) is 11.3 Å². The lowest BCUT2D eigenvalue weighted by Gasteiger charge is -2.21. The molecule has 0 spiro atoms. The van der Waals surface area contributed by atoms with Crippen LogP contribution >= 0.6 is 12.4 Å². The lowest BCUT2D eigenvalue weighted by atomic mass is 9.95. The number of anilines is 1. The van der Waals surface area contributed by atoms with E-state index in [1.165, 1.54) is 0 Å². The minimum absolute atomic E-state index is 0. The zero-order valence-electron chi connectivity index (χ0n) is 14.9. The number of rotatable bonds is 4. The van der Waals surface area contributed by atoms with Crippen molar-refractivity contribution in [3.8, 4) is 0 Å². The third-order valence-corrected chi connectivity index (χ3v) is 4.15. The van der Waals surface area contributed by atoms with Gasteiger partial charge >= 0.3 is 0 Å². The van der Waals surface area contributed by atoms with Gasteiger partial charge < -0.3 is 15.5 Å². The van der Waals surface area contributed by atoms with Crippen molar-refractivity contribution in [3.63, 3.8) is 0 Å². The number of carbonyl (C=O) groups is 2. The van der Waals surface area contributed by atoms with Gasteiger partial charge in [-0.15, -0.1) is 12.4 Å². The SMILES string of the molecule is CNCC1CCN(C(=O)c2ccccc2NC(=O)C(C)(C)C)C1.Cl. The van der Waals surface area contributed by atoms with Gasteiger partial charge in [-0.1, -0.05) is 32.9 Å². The first-order valence-corrected chi connectivity index (χ1v) is 8.17. The summed E-state index contributed by atoms with van der Waals surface area (Å²) in [7, 11) is 1.93. The van der Waals surface area contributed by atoms with Crippen LogP contribution in [0, 0.1) is 11.3 Å². The summed E-state index contributed by atoms with van der Waals surface area (Å²) >= 11 is 0. The molecule has 134 valence electrons. The fourth-order valence-electron chi connectivity index (χ4n) is 2.73. The van der Waals surface area contributed by atoms with Crippen LogP contribution in [0.25, 0.3) is 0 Å². The first-order valence-electron chi connectivity index (χ1n) is 8.17. The third-order valence-electron chi connectivity index (χ3n) is 4.15. The number of likely N-dealkylation sites (tertiary alicyclic amines) is 1. The van der Waals surface area contributed by atoms with E-state index >= 15 is 0 Å². The monoisotopic (exact) mass is 353 g/mol. The highest BCUT2D eigenvalue weighted by Gasteiger charge is 2.29. The van der Waals surface area contributed by atoms with Gasteiger partial charge in [0.05, 0.1) is 11.3 Å². The Kier molecular flexibility index (Phi) is 7.24. The Balaban J connectivity index is 0.00000288. The molecule has 5 nitrogen and oxygen atoms in total. The van der Waals surface area contributed by atoms with Gasteiger partial charge in [0.1, 0.15) is 0 Å². The number of carbonyl (C=O) groups excluding carboxylic acids is 2. The van der Waals surface area contributed by atoms with E-state index in [2.05, 4.69) is 10.6 Å². The number of para-hydroxylation sites is 1. The van der Waals surface area contributed by atoms with Crippen molar-refractivity contribution in [2.45, 2.75) is 27.2 Å². The maximum atomic E-state index is 12.8. The third kappa shape index (κ3) is 4.95. The number of nitrogens with one attached hydrogen (secondary N) is 2. The van der Waals surface area contributed by atoms with Crippen LogP contribution in [0.3, 0.4) is 0 Å². The highest BCUT2D eigenvalue weighted by Crippen LogP contribution is 2.24. The van der Waals surface area contributed by atoms with Crippen LogP contribution in [0.2, 0.25) is 0 Å². The zero-order valence-corrected chi connectivity index (χ0v) is 15.7. The van der Waals surface area contributed by atoms with Crippen LogP contribution in [-0.2, 0) is 4.79 Å². The largest absolute Gasteiger partial charge is 0.338 e.